The van der Waals surface area contributed by atoms with Crippen molar-refractivity contribution < 1.29 is 9.13 Å². The summed E-state index contributed by atoms with van der Waals surface area (Å²) in [5.74, 6) is 1.89. The molecule has 0 radical (unpaired) electrons. The van der Waals surface area contributed by atoms with Crippen molar-refractivity contribution in [2.75, 3.05) is 7.11 Å². The average Bonchev–Trinajstić information content (AvgIpc) is 3.52. The van der Waals surface area contributed by atoms with Crippen LogP contribution in [-0.4, -0.2) is 36.6 Å². The highest BCUT2D eigenvalue weighted by Gasteiger charge is 2.25. The van der Waals surface area contributed by atoms with Gasteiger partial charge in [0, 0.05) is 30.3 Å². The van der Waals surface area contributed by atoms with Crippen LogP contribution in [0.2, 0.25) is 0 Å². The van der Waals surface area contributed by atoms with E-state index in [2.05, 4.69) is 26.7 Å². The largest absolute Gasteiger partial charge is 0.493 e. The van der Waals surface area contributed by atoms with Crippen LogP contribution in [0.4, 0.5) is 4.39 Å². The summed E-state index contributed by atoms with van der Waals surface area (Å²) in [4.78, 5) is 8.98. The van der Waals surface area contributed by atoms with E-state index in [-0.39, 0.29) is 5.82 Å². The molecule has 0 saturated heterocycles. The molecule has 0 spiro atoms. The summed E-state index contributed by atoms with van der Waals surface area (Å²) in [6, 6.07) is 8.50. The first-order valence-electron chi connectivity index (χ1n) is 11.2. The van der Waals surface area contributed by atoms with Gasteiger partial charge in [-0.25, -0.2) is 19.0 Å². The molecule has 33 heavy (non-hydrogen) atoms. The van der Waals surface area contributed by atoms with E-state index in [1.54, 1.807) is 30.3 Å². The van der Waals surface area contributed by atoms with Gasteiger partial charge < -0.3 is 4.74 Å². The Morgan fingerprint density at radius 1 is 1.06 bits per heavy atom. The van der Waals surface area contributed by atoms with Gasteiger partial charge in [0.05, 0.1) is 24.2 Å². The molecule has 3 heterocycles. The number of halogens is 1. The van der Waals surface area contributed by atoms with Crippen molar-refractivity contribution in [2.24, 2.45) is 5.92 Å². The molecule has 0 N–H and O–H groups in total. The molecule has 0 bridgehead atoms. The zero-order valence-corrected chi connectivity index (χ0v) is 19.3. The van der Waals surface area contributed by atoms with E-state index in [1.807, 2.05) is 19.9 Å². The van der Waals surface area contributed by atoms with Crippen LogP contribution in [0.25, 0.3) is 17.1 Å². The molecule has 0 unspecified atom stereocenters. The number of hydrogen-bond donors (Lipinski definition) is 0. The van der Waals surface area contributed by atoms with E-state index >= 15 is 0 Å². The van der Waals surface area contributed by atoms with Crippen molar-refractivity contribution in [3.05, 3.63) is 70.8 Å². The summed E-state index contributed by atoms with van der Waals surface area (Å²) >= 11 is 0. The smallest absolute Gasteiger partial charge is 0.163 e. The van der Waals surface area contributed by atoms with E-state index < -0.39 is 0 Å². The lowest BCUT2D eigenvalue weighted by atomic mass is 10.0. The van der Waals surface area contributed by atoms with Gasteiger partial charge in [0.1, 0.15) is 17.8 Å². The summed E-state index contributed by atoms with van der Waals surface area (Å²) in [5, 5.41) is 9.51. The number of benzene rings is 1. The zero-order valence-electron chi connectivity index (χ0n) is 19.3. The van der Waals surface area contributed by atoms with Gasteiger partial charge in [-0.05, 0) is 69.4 Å². The third kappa shape index (κ3) is 4.13. The molecule has 3 aromatic heterocycles. The second kappa shape index (κ2) is 8.42. The predicted molar refractivity (Wildman–Crippen MR) is 123 cm³/mol. The molecule has 5 rings (SSSR count). The number of methoxy groups -OCH3 is 1. The zero-order chi connectivity index (χ0) is 23.1. The van der Waals surface area contributed by atoms with Gasteiger partial charge in [-0.15, -0.1) is 0 Å². The number of rotatable bonds is 7. The van der Waals surface area contributed by atoms with Crippen LogP contribution in [-0.2, 0) is 13.0 Å². The van der Waals surface area contributed by atoms with Gasteiger partial charge in [0.2, 0.25) is 0 Å². The summed E-state index contributed by atoms with van der Waals surface area (Å²) in [7, 11) is 1.65. The standard InChI is InChI=1S/C25H27FN6O/c1-15-22(31(13-18-5-6-18)30-24(15)19-7-9-20(26)10-8-19)11-21-12-23(28-14-27-21)32-17(3)25(33-4)16(2)29-32/h7-10,12,14,18H,5-6,11,13H2,1-4H3. The van der Waals surface area contributed by atoms with Gasteiger partial charge in [-0.3, -0.25) is 4.68 Å². The van der Waals surface area contributed by atoms with Crippen molar-refractivity contribution in [1.29, 1.82) is 0 Å². The minimum absolute atomic E-state index is 0.247. The highest BCUT2D eigenvalue weighted by molar-refractivity contribution is 5.64. The van der Waals surface area contributed by atoms with Crippen LogP contribution in [0.3, 0.4) is 0 Å². The SMILES string of the molecule is COc1c(C)nn(-c2cc(Cc3c(C)c(-c4ccc(F)cc4)nn3CC3CC3)ncn2)c1C. The summed E-state index contributed by atoms with van der Waals surface area (Å²) in [6.07, 6.45) is 4.67. The molecular formula is C25H27FN6O. The van der Waals surface area contributed by atoms with Crippen molar-refractivity contribution in [1.82, 2.24) is 29.5 Å². The molecule has 4 aromatic rings. The molecular weight excluding hydrogens is 419 g/mol. The van der Waals surface area contributed by atoms with Gasteiger partial charge in [0.15, 0.2) is 11.6 Å². The lowest BCUT2D eigenvalue weighted by molar-refractivity contribution is 0.408. The highest BCUT2D eigenvalue weighted by atomic mass is 19.1. The average molecular weight is 447 g/mol. The molecule has 1 aliphatic carbocycles. The first-order chi connectivity index (χ1) is 15.9. The fourth-order valence-corrected chi connectivity index (χ4v) is 4.30. The third-order valence-electron chi connectivity index (χ3n) is 6.27. The lowest BCUT2D eigenvalue weighted by Gasteiger charge is -2.09. The van der Waals surface area contributed by atoms with E-state index in [0.29, 0.717) is 18.2 Å². The van der Waals surface area contributed by atoms with Crippen LogP contribution in [0, 0.1) is 32.5 Å². The van der Waals surface area contributed by atoms with Crippen molar-refractivity contribution in [3.8, 4) is 22.8 Å². The maximum atomic E-state index is 13.5. The van der Waals surface area contributed by atoms with E-state index in [0.717, 1.165) is 51.9 Å². The second-order valence-electron chi connectivity index (χ2n) is 8.71. The molecule has 1 fully saturated rings. The maximum Gasteiger partial charge on any atom is 0.163 e. The summed E-state index contributed by atoms with van der Waals surface area (Å²) in [5.41, 5.74) is 6.63. The van der Waals surface area contributed by atoms with Crippen LogP contribution >= 0.6 is 0 Å². The number of aromatic nitrogens is 6. The molecule has 1 saturated carbocycles. The Labute approximate surface area is 192 Å². The Morgan fingerprint density at radius 2 is 1.82 bits per heavy atom. The Hall–Kier alpha value is -3.55. The topological polar surface area (TPSA) is 70.7 Å². The van der Waals surface area contributed by atoms with Gasteiger partial charge >= 0.3 is 0 Å². The van der Waals surface area contributed by atoms with Gasteiger partial charge in [-0.1, -0.05) is 0 Å². The molecule has 7 nitrogen and oxygen atoms in total. The maximum absolute atomic E-state index is 13.5. The third-order valence-corrected chi connectivity index (χ3v) is 6.27. The molecule has 0 amide bonds. The highest BCUT2D eigenvalue weighted by Crippen LogP contribution is 2.33. The normalized spacial score (nSPS) is 13.5. The first-order valence-corrected chi connectivity index (χ1v) is 11.2. The summed E-state index contributed by atoms with van der Waals surface area (Å²) < 4.78 is 22.8. The summed E-state index contributed by atoms with van der Waals surface area (Å²) in [6.45, 7) is 6.86. The first kappa shape index (κ1) is 21.3. The number of hydrogen-bond acceptors (Lipinski definition) is 5. The molecule has 1 aliphatic rings. The number of ether oxygens (including phenoxy) is 1. The van der Waals surface area contributed by atoms with E-state index in [1.165, 1.54) is 25.0 Å². The lowest BCUT2D eigenvalue weighted by Crippen LogP contribution is -2.10. The van der Waals surface area contributed by atoms with Crippen LogP contribution in [0.15, 0.2) is 36.7 Å². The van der Waals surface area contributed by atoms with Crippen LogP contribution in [0.5, 0.6) is 5.75 Å². The minimum atomic E-state index is -0.247. The molecule has 0 aliphatic heterocycles. The Morgan fingerprint density at radius 3 is 2.48 bits per heavy atom. The minimum Gasteiger partial charge on any atom is -0.493 e. The van der Waals surface area contributed by atoms with Crippen molar-refractivity contribution >= 4 is 0 Å². The van der Waals surface area contributed by atoms with E-state index in [4.69, 9.17) is 9.84 Å². The number of aryl methyl sites for hydroxylation is 1. The molecule has 0 atom stereocenters. The number of nitrogens with zero attached hydrogens (tertiary/aromatic N) is 6. The van der Waals surface area contributed by atoms with Crippen molar-refractivity contribution in [2.45, 2.75) is 46.6 Å². The van der Waals surface area contributed by atoms with Crippen LogP contribution < -0.4 is 4.74 Å². The van der Waals surface area contributed by atoms with Gasteiger partial charge in [-0.2, -0.15) is 10.2 Å². The Kier molecular flexibility index (Phi) is 5.44. The monoisotopic (exact) mass is 446 g/mol. The van der Waals surface area contributed by atoms with Gasteiger partial charge in [0.25, 0.3) is 0 Å². The predicted octanol–water partition coefficient (Wildman–Crippen LogP) is 4.60. The fourth-order valence-electron chi connectivity index (χ4n) is 4.30. The van der Waals surface area contributed by atoms with E-state index in [9.17, 15) is 4.39 Å². The second-order valence-corrected chi connectivity index (χ2v) is 8.71. The quantitative estimate of drug-likeness (QED) is 0.415. The fraction of sp³-hybridized carbons (Fsp3) is 0.360. The van der Waals surface area contributed by atoms with Crippen LogP contribution in [0.1, 0.15) is 41.2 Å². The Bertz CT molecular complexity index is 1300. The molecule has 8 heteroatoms. The molecule has 170 valence electrons. The molecule has 1 aromatic carbocycles. The Balaban J connectivity index is 1.51. The van der Waals surface area contributed by atoms with Crippen molar-refractivity contribution in [3.63, 3.8) is 0 Å².